The van der Waals surface area contributed by atoms with Crippen LogP contribution in [0.25, 0.3) is 28.2 Å². The normalized spacial score (nSPS) is 13.8. The van der Waals surface area contributed by atoms with Crippen LogP contribution in [-0.2, 0) is 6.54 Å². The molecule has 1 aliphatic rings. The fraction of sp³-hybridized carbons (Fsp3) is 0.258. The lowest BCUT2D eigenvalue weighted by molar-refractivity contribution is -0.661. The lowest BCUT2D eigenvalue weighted by atomic mass is 10.0. The molecule has 5 heteroatoms. The minimum Gasteiger partial charge on any atom is -0.396 e. The zero-order chi connectivity index (χ0) is 24.7. The van der Waals surface area contributed by atoms with Crippen LogP contribution in [0.3, 0.4) is 0 Å². The van der Waals surface area contributed by atoms with E-state index in [1.807, 2.05) is 0 Å². The molecule has 1 aromatic heterocycles. The number of aliphatic hydroxyl groups excluding tert-OH is 1. The number of hydrogen-bond acceptors (Lipinski definition) is 4. The van der Waals surface area contributed by atoms with E-state index >= 15 is 0 Å². The Balaban J connectivity index is 1.64. The van der Waals surface area contributed by atoms with Crippen LogP contribution in [0.5, 0.6) is 0 Å². The number of para-hydroxylation sites is 3. The van der Waals surface area contributed by atoms with Crippen LogP contribution in [0.15, 0.2) is 90.8 Å². The number of benzene rings is 3. The summed E-state index contributed by atoms with van der Waals surface area (Å²) in [5.41, 5.74) is 12.9. The van der Waals surface area contributed by atoms with E-state index in [4.69, 9.17) is 5.73 Å². The van der Waals surface area contributed by atoms with Crippen LogP contribution >= 0.6 is 0 Å². The maximum absolute atomic E-state index is 9.34. The van der Waals surface area contributed by atoms with Crippen LogP contribution in [0.4, 0.5) is 11.4 Å². The molecule has 0 bridgehead atoms. The number of nitrogens with two attached hydrogens (primary N) is 1. The second-order valence-electron chi connectivity index (χ2n) is 9.27. The van der Waals surface area contributed by atoms with Gasteiger partial charge in [0, 0.05) is 37.3 Å². The van der Waals surface area contributed by atoms with Gasteiger partial charge in [-0.2, -0.15) is 4.57 Å². The van der Waals surface area contributed by atoms with Crippen molar-refractivity contribution in [3.05, 3.63) is 96.3 Å². The van der Waals surface area contributed by atoms with Gasteiger partial charge in [0.25, 0.3) is 0 Å². The SMILES string of the molecule is NCCCC[n+]1c(-c2ccccc2)cc(C=C2Nc3ccccc3N2CCCCO)c2ccccc21. The number of nitrogens with zero attached hydrogens (tertiary/aromatic N) is 2. The number of aryl methyl sites for hydroxylation is 1. The Morgan fingerprint density at radius 3 is 2.47 bits per heavy atom. The largest absolute Gasteiger partial charge is 0.396 e. The topological polar surface area (TPSA) is 65.4 Å². The molecule has 0 aliphatic carbocycles. The summed E-state index contributed by atoms with van der Waals surface area (Å²) < 4.78 is 2.44. The highest BCUT2D eigenvalue weighted by Crippen LogP contribution is 2.37. The zero-order valence-corrected chi connectivity index (χ0v) is 20.7. The smallest absolute Gasteiger partial charge is 0.213 e. The first-order valence-corrected chi connectivity index (χ1v) is 13.0. The van der Waals surface area contributed by atoms with E-state index in [2.05, 4.69) is 106 Å². The molecular formula is C31H35N4O+. The van der Waals surface area contributed by atoms with Crippen molar-refractivity contribution in [3.8, 4) is 11.3 Å². The van der Waals surface area contributed by atoms with Crippen LogP contribution in [-0.4, -0.2) is 24.8 Å². The van der Waals surface area contributed by atoms with Crippen molar-refractivity contribution in [1.29, 1.82) is 0 Å². The number of aliphatic hydroxyl groups is 1. The van der Waals surface area contributed by atoms with Gasteiger partial charge in [-0.3, -0.25) is 0 Å². The molecule has 0 atom stereocenters. The van der Waals surface area contributed by atoms with Crippen LogP contribution in [0.2, 0.25) is 0 Å². The molecule has 0 unspecified atom stereocenters. The molecule has 5 nitrogen and oxygen atoms in total. The molecule has 0 amide bonds. The lowest BCUT2D eigenvalue weighted by Crippen LogP contribution is -2.38. The van der Waals surface area contributed by atoms with Gasteiger partial charge in [0.2, 0.25) is 11.2 Å². The van der Waals surface area contributed by atoms with Crippen LogP contribution in [0, 0.1) is 0 Å². The van der Waals surface area contributed by atoms with Crippen molar-refractivity contribution < 1.29 is 9.67 Å². The molecule has 3 aromatic carbocycles. The number of rotatable bonds is 10. The quantitative estimate of drug-likeness (QED) is 0.207. The summed E-state index contributed by atoms with van der Waals surface area (Å²) in [5, 5.41) is 14.2. The molecule has 0 spiro atoms. The summed E-state index contributed by atoms with van der Waals surface area (Å²) in [6.07, 6.45) is 6.04. The Labute approximate surface area is 213 Å². The zero-order valence-electron chi connectivity index (χ0n) is 20.7. The third kappa shape index (κ3) is 4.99. The van der Waals surface area contributed by atoms with Crippen LogP contribution in [0.1, 0.15) is 31.2 Å². The van der Waals surface area contributed by atoms with Gasteiger partial charge in [-0.15, -0.1) is 0 Å². The number of nitrogens with one attached hydrogen (secondary N) is 1. The van der Waals surface area contributed by atoms with Gasteiger partial charge < -0.3 is 21.1 Å². The third-order valence-corrected chi connectivity index (χ3v) is 6.82. The van der Waals surface area contributed by atoms with Crippen molar-refractivity contribution in [2.24, 2.45) is 5.73 Å². The van der Waals surface area contributed by atoms with Gasteiger partial charge in [0.1, 0.15) is 12.4 Å². The highest BCUT2D eigenvalue weighted by atomic mass is 16.2. The Kier molecular flexibility index (Phi) is 7.60. The van der Waals surface area contributed by atoms with E-state index in [-0.39, 0.29) is 6.61 Å². The van der Waals surface area contributed by atoms with Gasteiger partial charge >= 0.3 is 0 Å². The molecule has 0 saturated heterocycles. The summed E-state index contributed by atoms with van der Waals surface area (Å²) in [6, 6.07) is 30.1. The first-order valence-electron chi connectivity index (χ1n) is 13.0. The molecule has 36 heavy (non-hydrogen) atoms. The van der Waals surface area contributed by atoms with Gasteiger partial charge in [-0.25, -0.2) is 0 Å². The van der Waals surface area contributed by atoms with Crippen molar-refractivity contribution in [2.45, 2.75) is 32.2 Å². The first kappa shape index (κ1) is 24.0. The Bertz CT molecular complexity index is 1350. The Morgan fingerprint density at radius 1 is 0.861 bits per heavy atom. The second kappa shape index (κ2) is 11.4. The average molecular weight is 480 g/mol. The molecule has 184 valence electrons. The van der Waals surface area contributed by atoms with Crippen molar-refractivity contribution in [3.63, 3.8) is 0 Å². The van der Waals surface area contributed by atoms with Crippen molar-refractivity contribution >= 4 is 28.4 Å². The molecule has 0 fully saturated rings. The Morgan fingerprint density at radius 2 is 1.64 bits per heavy atom. The predicted molar refractivity (Wildman–Crippen MR) is 150 cm³/mol. The van der Waals surface area contributed by atoms with E-state index in [1.54, 1.807) is 0 Å². The molecule has 1 aliphatic heterocycles. The van der Waals surface area contributed by atoms with Gasteiger partial charge in [-0.05, 0) is 67.8 Å². The van der Waals surface area contributed by atoms with Gasteiger partial charge in [0.15, 0.2) is 0 Å². The second-order valence-corrected chi connectivity index (χ2v) is 9.27. The highest BCUT2D eigenvalue weighted by molar-refractivity contribution is 5.91. The highest BCUT2D eigenvalue weighted by Gasteiger charge is 2.25. The predicted octanol–water partition coefficient (Wildman–Crippen LogP) is 5.54. The molecule has 0 saturated carbocycles. The first-order chi connectivity index (χ1) is 17.8. The number of pyridine rings is 1. The summed E-state index contributed by atoms with van der Waals surface area (Å²) >= 11 is 0. The van der Waals surface area contributed by atoms with Gasteiger partial charge in [-0.1, -0.05) is 42.5 Å². The van der Waals surface area contributed by atoms with E-state index in [0.717, 1.165) is 50.3 Å². The minimum atomic E-state index is 0.218. The summed E-state index contributed by atoms with van der Waals surface area (Å²) in [7, 11) is 0. The Hall–Kier alpha value is -3.67. The summed E-state index contributed by atoms with van der Waals surface area (Å²) in [4.78, 5) is 2.34. The number of fused-ring (bicyclic) bond motifs is 2. The molecule has 2 heterocycles. The minimum absolute atomic E-state index is 0.218. The molecular weight excluding hydrogens is 444 g/mol. The van der Waals surface area contributed by atoms with Crippen LogP contribution < -0.4 is 20.5 Å². The summed E-state index contributed by atoms with van der Waals surface area (Å²) in [6.45, 7) is 2.71. The third-order valence-electron chi connectivity index (χ3n) is 6.82. The molecule has 0 radical (unpaired) electrons. The van der Waals surface area contributed by atoms with E-state index in [1.165, 1.54) is 33.4 Å². The average Bonchev–Trinajstić information content (AvgIpc) is 3.27. The fourth-order valence-corrected chi connectivity index (χ4v) is 5.04. The number of hydrogen-bond donors (Lipinski definition) is 3. The maximum atomic E-state index is 9.34. The van der Waals surface area contributed by atoms with Crippen molar-refractivity contribution in [1.82, 2.24) is 0 Å². The van der Waals surface area contributed by atoms with E-state index in [9.17, 15) is 5.11 Å². The number of unbranched alkanes of at least 4 members (excludes halogenated alkanes) is 2. The lowest BCUT2D eigenvalue weighted by Gasteiger charge is -2.20. The number of anilines is 2. The number of aromatic nitrogens is 1. The molecule has 4 N–H and O–H groups in total. The fourth-order valence-electron chi connectivity index (χ4n) is 5.04. The standard InChI is InChI=1S/C31H34N4O/c32-18-8-9-19-34-28-16-6-4-14-26(28)25(22-30(34)24-12-2-1-3-13-24)23-31-33-27-15-5-7-17-29(27)35(31)20-10-11-21-36/h1-7,12-17,22-23,36H,8-11,18-21,32H2/p+1. The molecule has 5 rings (SSSR count). The van der Waals surface area contributed by atoms with Crippen molar-refractivity contribution in [2.75, 3.05) is 29.9 Å². The maximum Gasteiger partial charge on any atom is 0.213 e. The monoisotopic (exact) mass is 479 g/mol. The molecule has 4 aromatic rings. The van der Waals surface area contributed by atoms with E-state index in [0.29, 0.717) is 6.54 Å². The van der Waals surface area contributed by atoms with Gasteiger partial charge in [0.05, 0.1) is 16.8 Å². The van der Waals surface area contributed by atoms with E-state index < -0.39 is 0 Å². The summed E-state index contributed by atoms with van der Waals surface area (Å²) in [5.74, 6) is 1.07.